The molecule has 0 aliphatic heterocycles. The molecule has 1 aromatic carbocycles. The number of hydrogen-bond donors (Lipinski definition) is 2. The van der Waals surface area contributed by atoms with E-state index in [1.54, 1.807) is 6.33 Å². The number of rotatable bonds is 6. The fourth-order valence-electron chi connectivity index (χ4n) is 2.28. The number of carboxylic acid groups (broad SMARTS) is 1. The molecule has 0 unspecified atom stereocenters. The highest BCUT2D eigenvalue weighted by atomic mass is 16.4. The molecule has 0 saturated heterocycles. The number of carboxylic acids is 1. The van der Waals surface area contributed by atoms with Crippen molar-refractivity contribution >= 4 is 17.0 Å². The van der Waals surface area contributed by atoms with Crippen LogP contribution in [-0.2, 0) is 18.4 Å². The zero-order chi connectivity index (χ0) is 14.7. The maximum Gasteiger partial charge on any atom is 0.320 e. The van der Waals surface area contributed by atoms with Crippen LogP contribution in [0.2, 0.25) is 0 Å². The van der Waals surface area contributed by atoms with Crippen LogP contribution in [0.5, 0.6) is 0 Å². The van der Waals surface area contributed by atoms with Gasteiger partial charge < -0.3 is 15.0 Å². The lowest BCUT2D eigenvalue weighted by atomic mass is 10.0. The summed E-state index contributed by atoms with van der Waals surface area (Å²) in [6.45, 7) is 4.59. The lowest BCUT2D eigenvalue weighted by Crippen LogP contribution is -2.37. The first-order valence-corrected chi connectivity index (χ1v) is 6.83. The van der Waals surface area contributed by atoms with Crippen LogP contribution in [-0.4, -0.2) is 26.7 Å². The van der Waals surface area contributed by atoms with E-state index < -0.39 is 12.0 Å². The molecule has 1 atom stereocenters. The second-order valence-electron chi connectivity index (χ2n) is 5.58. The molecule has 0 bridgehead atoms. The van der Waals surface area contributed by atoms with Gasteiger partial charge in [-0.25, -0.2) is 4.98 Å². The molecule has 2 N–H and O–H groups in total. The van der Waals surface area contributed by atoms with Crippen LogP contribution >= 0.6 is 0 Å². The number of nitrogens with one attached hydrogen (secondary N) is 1. The third-order valence-corrected chi connectivity index (χ3v) is 3.35. The summed E-state index contributed by atoms with van der Waals surface area (Å²) in [5.41, 5.74) is 3.06. The lowest BCUT2D eigenvalue weighted by molar-refractivity contribution is -0.140. The van der Waals surface area contributed by atoms with Gasteiger partial charge in [0.2, 0.25) is 0 Å². The molecule has 5 heteroatoms. The first kappa shape index (κ1) is 14.5. The number of imidazole rings is 1. The first-order chi connectivity index (χ1) is 9.47. The number of aliphatic carboxylic acids is 1. The topological polar surface area (TPSA) is 67.2 Å². The van der Waals surface area contributed by atoms with Crippen molar-refractivity contribution in [2.24, 2.45) is 13.0 Å². The number of hydrogen-bond acceptors (Lipinski definition) is 3. The second kappa shape index (κ2) is 6.05. The Morgan fingerprint density at radius 1 is 1.45 bits per heavy atom. The van der Waals surface area contributed by atoms with E-state index in [4.69, 9.17) is 0 Å². The van der Waals surface area contributed by atoms with Gasteiger partial charge in [0.05, 0.1) is 17.4 Å². The monoisotopic (exact) mass is 275 g/mol. The predicted molar refractivity (Wildman–Crippen MR) is 78.4 cm³/mol. The van der Waals surface area contributed by atoms with Crippen LogP contribution in [0.1, 0.15) is 25.8 Å². The van der Waals surface area contributed by atoms with E-state index in [2.05, 4.69) is 10.3 Å². The maximum absolute atomic E-state index is 11.2. The molecule has 0 spiro atoms. The normalized spacial score (nSPS) is 13.0. The predicted octanol–water partition coefficient (Wildman–Crippen LogP) is 2.16. The summed E-state index contributed by atoms with van der Waals surface area (Å²) < 4.78 is 1.96. The molecule has 2 aromatic rings. The van der Waals surface area contributed by atoms with Gasteiger partial charge in [-0.2, -0.15) is 0 Å². The zero-order valence-corrected chi connectivity index (χ0v) is 12.1. The van der Waals surface area contributed by atoms with Crippen LogP contribution < -0.4 is 5.32 Å². The first-order valence-electron chi connectivity index (χ1n) is 6.83. The summed E-state index contributed by atoms with van der Waals surface area (Å²) in [7, 11) is 1.95. The Morgan fingerprint density at radius 2 is 2.20 bits per heavy atom. The van der Waals surface area contributed by atoms with Crippen LogP contribution in [0.25, 0.3) is 11.0 Å². The summed E-state index contributed by atoms with van der Waals surface area (Å²) in [4.78, 5) is 15.5. The van der Waals surface area contributed by atoms with E-state index in [1.807, 2.05) is 43.7 Å². The molecule has 5 nitrogen and oxygen atoms in total. The third kappa shape index (κ3) is 3.36. The molecule has 0 aliphatic carbocycles. The Labute approximate surface area is 118 Å². The second-order valence-corrected chi connectivity index (χ2v) is 5.58. The van der Waals surface area contributed by atoms with E-state index in [-0.39, 0.29) is 0 Å². The van der Waals surface area contributed by atoms with Gasteiger partial charge in [-0.3, -0.25) is 4.79 Å². The quantitative estimate of drug-likeness (QED) is 0.848. The average Bonchev–Trinajstić information content (AvgIpc) is 2.75. The molecule has 1 aromatic heterocycles. The summed E-state index contributed by atoms with van der Waals surface area (Å²) in [5.74, 6) is -0.445. The van der Waals surface area contributed by atoms with Crippen molar-refractivity contribution in [1.29, 1.82) is 0 Å². The number of benzene rings is 1. The van der Waals surface area contributed by atoms with Crippen molar-refractivity contribution in [1.82, 2.24) is 14.9 Å². The van der Waals surface area contributed by atoms with Crippen molar-refractivity contribution in [3.63, 3.8) is 0 Å². The highest BCUT2D eigenvalue weighted by molar-refractivity contribution is 5.76. The highest BCUT2D eigenvalue weighted by Gasteiger charge is 2.18. The lowest BCUT2D eigenvalue weighted by Gasteiger charge is -2.16. The summed E-state index contributed by atoms with van der Waals surface area (Å²) in [6, 6.07) is 5.51. The van der Waals surface area contributed by atoms with Crippen molar-refractivity contribution in [2.45, 2.75) is 32.9 Å². The van der Waals surface area contributed by atoms with E-state index >= 15 is 0 Å². The molecule has 0 saturated carbocycles. The van der Waals surface area contributed by atoms with Crippen molar-refractivity contribution in [3.8, 4) is 0 Å². The Bertz CT molecular complexity index is 604. The summed E-state index contributed by atoms with van der Waals surface area (Å²) in [5, 5.41) is 12.3. The molecular formula is C15H21N3O2. The number of nitrogens with zero attached hydrogens (tertiary/aromatic N) is 2. The van der Waals surface area contributed by atoms with E-state index in [9.17, 15) is 9.90 Å². The molecule has 1 heterocycles. The maximum atomic E-state index is 11.2. The van der Waals surface area contributed by atoms with Crippen LogP contribution in [0.4, 0.5) is 0 Å². The van der Waals surface area contributed by atoms with Crippen molar-refractivity contribution in [3.05, 3.63) is 30.1 Å². The molecule has 0 radical (unpaired) electrons. The number of aromatic nitrogens is 2. The van der Waals surface area contributed by atoms with E-state index in [0.717, 1.165) is 16.6 Å². The van der Waals surface area contributed by atoms with Gasteiger partial charge in [0, 0.05) is 13.6 Å². The van der Waals surface area contributed by atoms with Gasteiger partial charge in [-0.05, 0) is 30.0 Å². The van der Waals surface area contributed by atoms with Gasteiger partial charge in [0.25, 0.3) is 0 Å². The Hall–Kier alpha value is -1.88. The van der Waals surface area contributed by atoms with E-state index in [0.29, 0.717) is 18.9 Å². The van der Waals surface area contributed by atoms with Gasteiger partial charge in [0.15, 0.2) is 0 Å². The molecule has 0 fully saturated rings. The minimum Gasteiger partial charge on any atom is -0.480 e. The molecule has 0 amide bonds. The van der Waals surface area contributed by atoms with Gasteiger partial charge in [0.1, 0.15) is 6.04 Å². The number of aryl methyl sites for hydroxylation is 1. The third-order valence-electron chi connectivity index (χ3n) is 3.35. The van der Waals surface area contributed by atoms with Gasteiger partial charge in [-0.15, -0.1) is 0 Å². The molecule has 20 heavy (non-hydrogen) atoms. The van der Waals surface area contributed by atoms with E-state index in [1.165, 1.54) is 0 Å². The Morgan fingerprint density at radius 3 is 2.85 bits per heavy atom. The fraction of sp³-hybridized carbons (Fsp3) is 0.467. The van der Waals surface area contributed by atoms with Crippen molar-refractivity contribution in [2.75, 3.05) is 0 Å². The smallest absolute Gasteiger partial charge is 0.320 e. The highest BCUT2D eigenvalue weighted by Crippen LogP contribution is 2.14. The van der Waals surface area contributed by atoms with Gasteiger partial charge >= 0.3 is 5.97 Å². The number of carbonyl (C=O) groups is 1. The van der Waals surface area contributed by atoms with Crippen LogP contribution in [0.3, 0.4) is 0 Å². The van der Waals surface area contributed by atoms with Crippen LogP contribution in [0, 0.1) is 5.92 Å². The Kier molecular flexibility index (Phi) is 4.39. The SMILES string of the molecule is CC(C)C[C@@H](NCc1ccc2c(c1)ncn2C)C(=O)O. The minimum atomic E-state index is -0.794. The average molecular weight is 275 g/mol. The molecule has 108 valence electrons. The van der Waals surface area contributed by atoms with Crippen LogP contribution in [0.15, 0.2) is 24.5 Å². The van der Waals surface area contributed by atoms with Gasteiger partial charge in [-0.1, -0.05) is 19.9 Å². The molecule has 2 rings (SSSR count). The minimum absolute atomic E-state index is 0.349. The summed E-state index contributed by atoms with van der Waals surface area (Å²) >= 11 is 0. The Balaban J connectivity index is 2.05. The number of fused-ring (bicyclic) bond motifs is 1. The molecule has 0 aliphatic rings. The van der Waals surface area contributed by atoms with Crippen molar-refractivity contribution < 1.29 is 9.90 Å². The molecular weight excluding hydrogens is 254 g/mol. The standard InChI is InChI=1S/C15H21N3O2/c1-10(2)6-13(15(19)20)16-8-11-4-5-14-12(7-11)17-9-18(14)3/h4-5,7,9-10,13,16H,6,8H2,1-3H3,(H,19,20)/t13-/m1/s1. The summed E-state index contributed by atoms with van der Waals surface area (Å²) in [6.07, 6.45) is 2.40. The zero-order valence-electron chi connectivity index (χ0n) is 12.1. The fourth-order valence-corrected chi connectivity index (χ4v) is 2.28. The largest absolute Gasteiger partial charge is 0.480 e.